The lowest BCUT2D eigenvalue weighted by Crippen LogP contribution is -2.44. The number of benzene rings is 2. The van der Waals surface area contributed by atoms with Gasteiger partial charge < -0.3 is 16.0 Å². The molecule has 9 heteroatoms. The molecule has 1 saturated heterocycles. The van der Waals surface area contributed by atoms with Crippen molar-refractivity contribution in [3.8, 4) is 0 Å². The fourth-order valence-corrected chi connectivity index (χ4v) is 3.97. The Hall–Kier alpha value is -3.39. The van der Waals surface area contributed by atoms with Gasteiger partial charge in [-0.2, -0.15) is 5.10 Å². The number of nitrogens with one attached hydrogen (secondary N) is 1. The van der Waals surface area contributed by atoms with E-state index in [1.807, 2.05) is 0 Å². The Morgan fingerprint density at radius 1 is 1.17 bits per heavy atom. The van der Waals surface area contributed by atoms with Crippen molar-refractivity contribution in [2.45, 2.75) is 25.4 Å². The van der Waals surface area contributed by atoms with E-state index in [1.165, 1.54) is 4.68 Å². The Bertz CT molecular complexity index is 1140. The van der Waals surface area contributed by atoms with Crippen LogP contribution in [0.5, 0.6) is 0 Å². The molecule has 2 aromatic carbocycles. The van der Waals surface area contributed by atoms with Gasteiger partial charge in [-0.15, -0.1) is 0 Å². The summed E-state index contributed by atoms with van der Waals surface area (Å²) in [5, 5.41) is 8.16. The van der Waals surface area contributed by atoms with E-state index in [9.17, 15) is 14.4 Å². The summed E-state index contributed by atoms with van der Waals surface area (Å²) < 4.78 is 1.46. The number of carbonyl (C=O) groups is 3. The highest BCUT2D eigenvalue weighted by Gasteiger charge is 2.34. The van der Waals surface area contributed by atoms with Crippen molar-refractivity contribution in [1.82, 2.24) is 14.7 Å². The highest BCUT2D eigenvalue weighted by Crippen LogP contribution is 2.23. The van der Waals surface area contributed by atoms with Crippen molar-refractivity contribution in [2.24, 2.45) is 5.73 Å². The molecule has 1 aliphatic heterocycles. The van der Waals surface area contributed by atoms with E-state index in [2.05, 4.69) is 10.4 Å². The highest BCUT2D eigenvalue weighted by atomic mass is 35.5. The first kappa shape index (κ1) is 19.9. The standard InChI is InChI=1S/C21H20ClN5O3/c22-13-5-3-6-14(11-13)24-21(30)17-9-4-10-26(17)18(28)12-27-16-8-2-1-7-15(16)19(25-27)20(23)29/h1-3,5-8,11,17H,4,9-10,12H2,(H2,23,29)(H,24,30)/t17-/m0/s1. The van der Waals surface area contributed by atoms with Crippen LogP contribution in [-0.4, -0.2) is 45.0 Å². The Labute approximate surface area is 177 Å². The molecule has 0 aliphatic carbocycles. The molecule has 2 heterocycles. The molecule has 1 aromatic heterocycles. The van der Waals surface area contributed by atoms with Crippen LogP contribution >= 0.6 is 11.6 Å². The minimum absolute atomic E-state index is 0.0886. The summed E-state index contributed by atoms with van der Waals surface area (Å²) in [6, 6.07) is 13.4. The number of rotatable bonds is 5. The number of carbonyl (C=O) groups excluding carboxylic acids is 3. The van der Waals surface area contributed by atoms with Gasteiger partial charge in [-0.05, 0) is 37.1 Å². The summed E-state index contributed by atoms with van der Waals surface area (Å²) in [5.41, 5.74) is 6.76. The molecule has 0 unspecified atom stereocenters. The Balaban J connectivity index is 1.52. The number of hydrogen-bond acceptors (Lipinski definition) is 4. The first-order valence-electron chi connectivity index (χ1n) is 9.55. The number of likely N-dealkylation sites (tertiary alicyclic amines) is 1. The van der Waals surface area contributed by atoms with Crippen LogP contribution in [0.2, 0.25) is 5.02 Å². The summed E-state index contributed by atoms with van der Waals surface area (Å²) in [6.07, 6.45) is 1.30. The lowest BCUT2D eigenvalue weighted by molar-refractivity contribution is -0.137. The number of primary amides is 1. The Morgan fingerprint density at radius 2 is 1.97 bits per heavy atom. The number of halogens is 1. The number of aromatic nitrogens is 2. The molecule has 8 nitrogen and oxygen atoms in total. The molecule has 0 saturated carbocycles. The van der Waals surface area contributed by atoms with E-state index in [-0.39, 0.29) is 24.1 Å². The first-order chi connectivity index (χ1) is 14.4. The first-order valence-corrected chi connectivity index (χ1v) is 9.93. The number of nitrogens with two attached hydrogens (primary N) is 1. The van der Waals surface area contributed by atoms with Crippen molar-refractivity contribution < 1.29 is 14.4 Å². The fourth-order valence-electron chi connectivity index (χ4n) is 3.78. The monoisotopic (exact) mass is 425 g/mol. The quantitative estimate of drug-likeness (QED) is 0.653. The van der Waals surface area contributed by atoms with Crippen molar-refractivity contribution in [2.75, 3.05) is 11.9 Å². The van der Waals surface area contributed by atoms with Crippen molar-refractivity contribution in [3.63, 3.8) is 0 Å². The van der Waals surface area contributed by atoms with E-state index >= 15 is 0 Å². The largest absolute Gasteiger partial charge is 0.364 e. The number of nitrogens with zero attached hydrogens (tertiary/aromatic N) is 3. The van der Waals surface area contributed by atoms with Crippen LogP contribution in [0.15, 0.2) is 48.5 Å². The zero-order chi connectivity index (χ0) is 21.3. The van der Waals surface area contributed by atoms with Crippen molar-refractivity contribution >= 4 is 45.9 Å². The number of anilines is 1. The maximum atomic E-state index is 13.0. The minimum Gasteiger partial charge on any atom is -0.364 e. The molecule has 1 fully saturated rings. The lowest BCUT2D eigenvalue weighted by Gasteiger charge is -2.24. The average Bonchev–Trinajstić information content (AvgIpc) is 3.34. The molecule has 0 bridgehead atoms. The molecule has 4 rings (SSSR count). The van der Waals surface area contributed by atoms with Crippen LogP contribution in [0.25, 0.3) is 10.9 Å². The van der Waals surface area contributed by atoms with E-state index in [4.69, 9.17) is 17.3 Å². The number of amides is 3. The topological polar surface area (TPSA) is 110 Å². The van der Waals surface area contributed by atoms with Gasteiger partial charge >= 0.3 is 0 Å². The second-order valence-electron chi connectivity index (χ2n) is 7.13. The predicted octanol–water partition coefficient (Wildman–Crippen LogP) is 2.42. The summed E-state index contributed by atoms with van der Waals surface area (Å²) in [4.78, 5) is 39.0. The van der Waals surface area contributed by atoms with Crippen molar-refractivity contribution in [1.29, 1.82) is 0 Å². The smallest absolute Gasteiger partial charge is 0.269 e. The second-order valence-corrected chi connectivity index (χ2v) is 7.57. The van der Waals surface area contributed by atoms with Crippen LogP contribution in [0.4, 0.5) is 5.69 Å². The number of fused-ring (bicyclic) bond motifs is 1. The molecule has 154 valence electrons. The fraction of sp³-hybridized carbons (Fsp3) is 0.238. The molecular formula is C21H20ClN5O3. The van der Waals surface area contributed by atoms with Gasteiger partial charge in [0.25, 0.3) is 5.91 Å². The van der Waals surface area contributed by atoms with E-state index in [1.54, 1.807) is 53.4 Å². The Morgan fingerprint density at radius 3 is 2.73 bits per heavy atom. The molecular weight excluding hydrogens is 406 g/mol. The molecule has 1 atom stereocenters. The van der Waals surface area contributed by atoms with Gasteiger partial charge in [0, 0.05) is 22.6 Å². The third-order valence-electron chi connectivity index (χ3n) is 5.14. The summed E-state index contributed by atoms with van der Waals surface area (Å²) in [6.45, 7) is 0.392. The van der Waals surface area contributed by atoms with Crippen LogP contribution < -0.4 is 11.1 Å². The number of para-hydroxylation sites is 1. The van der Waals surface area contributed by atoms with E-state index < -0.39 is 11.9 Å². The van der Waals surface area contributed by atoms with Crippen LogP contribution in [-0.2, 0) is 16.1 Å². The summed E-state index contributed by atoms with van der Waals surface area (Å²) in [5.74, 6) is -1.16. The third kappa shape index (κ3) is 3.86. The average molecular weight is 426 g/mol. The number of hydrogen-bond donors (Lipinski definition) is 2. The summed E-state index contributed by atoms with van der Waals surface area (Å²) >= 11 is 5.97. The molecule has 1 aliphatic rings. The van der Waals surface area contributed by atoms with Gasteiger partial charge in [0.05, 0.1) is 5.52 Å². The molecule has 0 spiro atoms. The van der Waals surface area contributed by atoms with E-state index in [0.29, 0.717) is 34.6 Å². The van der Waals surface area contributed by atoms with Crippen LogP contribution in [0.3, 0.4) is 0 Å². The van der Waals surface area contributed by atoms with Crippen LogP contribution in [0.1, 0.15) is 23.3 Å². The molecule has 3 N–H and O–H groups in total. The minimum atomic E-state index is -0.655. The van der Waals surface area contributed by atoms with Gasteiger partial charge in [0.2, 0.25) is 11.8 Å². The maximum Gasteiger partial charge on any atom is 0.269 e. The zero-order valence-electron chi connectivity index (χ0n) is 16.0. The third-order valence-corrected chi connectivity index (χ3v) is 5.38. The van der Waals surface area contributed by atoms with Gasteiger partial charge in [0.1, 0.15) is 12.6 Å². The molecule has 3 amide bonds. The Kier molecular flexibility index (Phi) is 5.41. The van der Waals surface area contributed by atoms with E-state index in [0.717, 1.165) is 6.42 Å². The maximum absolute atomic E-state index is 13.0. The van der Waals surface area contributed by atoms with Gasteiger partial charge in [-0.25, -0.2) is 0 Å². The van der Waals surface area contributed by atoms with Gasteiger partial charge in [-0.1, -0.05) is 35.9 Å². The lowest BCUT2D eigenvalue weighted by atomic mass is 10.2. The van der Waals surface area contributed by atoms with Gasteiger partial charge in [0.15, 0.2) is 5.69 Å². The molecule has 30 heavy (non-hydrogen) atoms. The van der Waals surface area contributed by atoms with Crippen molar-refractivity contribution in [3.05, 3.63) is 59.2 Å². The van der Waals surface area contributed by atoms with Crippen LogP contribution in [0, 0.1) is 0 Å². The predicted molar refractivity (Wildman–Crippen MR) is 113 cm³/mol. The molecule has 3 aromatic rings. The second kappa shape index (κ2) is 8.16. The SMILES string of the molecule is NC(=O)c1nn(CC(=O)N2CCC[C@H]2C(=O)Nc2cccc(Cl)c2)c2ccccc12. The summed E-state index contributed by atoms with van der Waals surface area (Å²) in [7, 11) is 0. The zero-order valence-corrected chi connectivity index (χ0v) is 16.8. The normalized spacial score (nSPS) is 16.0. The highest BCUT2D eigenvalue weighted by molar-refractivity contribution is 6.30. The van der Waals surface area contributed by atoms with Gasteiger partial charge in [-0.3, -0.25) is 19.1 Å². The molecule has 0 radical (unpaired) electrons.